The lowest BCUT2D eigenvalue weighted by atomic mass is 9.98. The van der Waals surface area contributed by atoms with Crippen molar-refractivity contribution in [2.24, 2.45) is 0 Å². The van der Waals surface area contributed by atoms with Gasteiger partial charge in [0.05, 0.1) is 24.3 Å². The van der Waals surface area contributed by atoms with Crippen molar-refractivity contribution in [3.8, 4) is 0 Å². The van der Waals surface area contributed by atoms with Crippen LogP contribution >= 0.6 is 23.2 Å². The first kappa shape index (κ1) is 35.7. The Morgan fingerprint density at radius 2 is 1.09 bits per heavy atom. The predicted molar refractivity (Wildman–Crippen MR) is 169 cm³/mol. The summed E-state index contributed by atoms with van der Waals surface area (Å²) in [5, 5.41) is 0. The molecule has 6 atom stereocenters. The van der Waals surface area contributed by atoms with Crippen LogP contribution in [0.4, 0.5) is 0 Å². The standard InChI is InChI=1S/C34H40Cl2O10/c1-3-5-15-25(43-29(37)17-35)21-11-7-9-13-23(21)33(39)45-27-19-41-32-28(20-42-31(27)32)46-34(40)24-14-10-8-12-22(24)26(16-6-4-2)44-30(38)18-36/h7-14,25-28,31-32H,3-6,15-20H2,1-2H3/t25-,26-,27-,28+,31+,32+/m0/s1. The first-order valence-electron chi connectivity index (χ1n) is 15.6. The maximum Gasteiger partial charge on any atom is 0.339 e. The molecule has 0 radical (unpaired) electrons. The molecule has 250 valence electrons. The van der Waals surface area contributed by atoms with Gasteiger partial charge in [-0.3, -0.25) is 9.59 Å². The van der Waals surface area contributed by atoms with E-state index in [1.807, 2.05) is 13.8 Å². The zero-order valence-corrected chi connectivity index (χ0v) is 27.5. The third kappa shape index (κ3) is 9.00. The lowest BCUT2D eigenvalue weighted by Gasteiger charge is -2.22. The number of hydrogen-bond donors (Lipinski definition) is 0. The van der Waals surface area contributed by atoms with E-state index in [2.05, 4.69) is 0 Å². The fourth-order valence-corrected chi connectivity index (χ4v) is 5.80. The van der Waals surface area contributed by atoms with Gasteiger partial charge >= 0.3 is 23.9 Å². The van der Waals surface area contributed by atoms with Crippen molar-refractivity contribution in [3.63, 3.8) is 0 Å². The van der Waals surface area contributed by atoms with E-state index in [1.54, 1.807) is 48.5 Å². The maximum atomic E-state index is 13.4. The van der Waals surface area contributed by atoms with Crippen LogP contribution in [0, 0.1) is 0 Å². The average molecular weight is 680 g/mol. The van der Waals surface area contributed by atoms with E-state index in [1.165, 1.54) is 0 Å². The minimum absolute atomic E-state index is 0.0435. The van der Waals surface area contributed by atoms with Gasteiger partial charge in [-0.15, -0.1) is 23.2 Å². The van der Waals surface area contributed by atoms with Crippen LogP contribution in [0.2, 0.25) is 0 Å². The molecule has 10 nitrogen and oxygen atoms in total. The van der Waals surface area contributed by atoms with Crippen molar-refractivity contribution < 1.29 is 47.6 Å². The number of carbonyl (C=O) groups is 4. The number of benzene rings is 2. The molecule has 2 fully saturated rings. The Morgan fingerprint density at radius 3 is 1.46 bits per heavy atom. The molecule has 0 aromatic heterocycles. The minimum Gasteiger partial charge on any atom is -0.457 e. The van der Waals surface area contributed by atoms with E-state index < -0.39 is 60.5 Å². The molecule has 4 rings (SSSR count). The van der Waals surface area contributed by atoms with Gasteiger partial charge in [-0.05, 0) is 37.8 Å². The van der Waals surface area contributed by atoms with Crippen molar-refractivity contribution in [1.29, 1.82) is 0 Å². The lowest BCUT2D eigenvalue weighted by molar-refractivity contribution is -0.147. The smallest absolute Gasteiger partial charge is 0.339 e. The Morgan fingerprint density at radius 1 is 0.696 bits per heavy atom. The second-order valence-electron chi connectivity index (χ2n) is 11.2. The van der Waals surface area contributed by atoms with E-state index in [-0.39, 0.29) is 36.1 Å². The molecule has 0 spiro atoms. The van der Waals surface area contributed by atoms with Crippen LogP contribution in [0.25, 0.3) is 0 Å². The highest BCUT2D eigenvalue weighted by Gasteiger charge is 2.51. The van der Waals surface area contributed by atoms with Crippen LogP contribution in [0.15, 0.2) is 48.5 Å². The third-order valence-electron chi connectivity index (χ3n) is 7.94. The van der Waals surface area contributed by atoms with E-state index in [9.17, 15) is 19.2 Å². The number of hydrogen-bond acceptors (Lipinski definition) is 10. The molecule has 46 heavy (non-hydrogen) atoms. The van der Waals surface area contributed by atoms with Crippen molar-refractivity contribution in [2.45, 2.75) is 89.0 Å². The molecule has 0 N–H and O–H groups in total. The topological polar surface area (TPSA) is 124 Å². The molecular formula is C34H40Cl2O10. The summed E-state index contributed by atoms with van der Waals surface area (Å²) in [7, 11) is 0. The quantitative estimate of drug-likeness (QED) is 0.114. The number of halogens is 2. The van der Waals surface area contributed by atoms with Gasteiger partial charge in [0.15, 0.2) is 12.2 Å². The summed E-state index contributed by atoms with van der Waals surface area (Å²) in [4.78, 5) is 50.9. The largest absolute Gasteiger partial charge is 0.457 e. The highest BCUT2D eigenvalue weighted by Crippen LogP contribution is 2.34. The number of esters is 4. The van der Waals surface area contributed by atoms with E-state index in [0.29, 0.717) is 24.0 Å². The fraction of sp³-hybridized carbons (Fsp3) is 0.529. The fourth-order valence-electron chi connectivity index (χ4n) is 5.68. The van der Waals surface area contributed by atoms with Gasteiger partial charge in [0, 0.05) is 11.1 Å². The van der Waals surface area contributed by atoms with Crippen LogP contribution in [0.5, 0.6) is 0 Å². The summed E-state index contributed by atoms with van der Waals surface area (Å²) in [5.74, 6) is -2.98. The number of rotatable bonds is 16. The first-order chi connectivity index (χ1) is 22.3. The van der Waals surface area contributed by atoms with Crippen molar-refractivity contribution in [1.82, 2.24) is 0 Å². The molecule has 0 unspecified atom stereocenters. The van der Waals surface area contributed by atoms with Gasteiger partial charge in [-0.2, -0.15) is 0 Å². The Balaban J connectivity index is 1.43. The van der Waals surface area contributed by atoms with Gasteiger partial charge < -0.3 is 28.4 Å². The second kappa shape index (κ2) is 17.7. The number of carbonyl (C=O) groups excluding carboxylic acids is 4. The number of unbranched alkanes of at least 4 members (excludes halogenated alkanes) is 2. The molecule has 12 heteroatoms. The average Bonchev–Trinajstić information content (AvgIpc) is 3.67. The van der Waals surface area contributed by atoms with Crippen LogP contribution < -0.4 is 0 Å². The van der Waals surface area contributed by atoms with Gasteiger partial charge in [-0.1, -0.05) is 63.1 Å². The zero-order valence-electron chi connectivity index (χ0n) is 26.0. The molecule has 2 saturated heterocycles. The molecule has 2 aliphatic heterocycles. The molecule has 0 amide bonds. The zero-order chi connectivity index (χ0) is 33.1. The predicted octanol–water partition coefficient (Wildman–Crippen LogP) is 6.26. The Kier molecular flexibility index (Phi) is 13.7. The Labute approximate surface area is 278 Å². The summed E-state index contributed by atoms with van der Waals surface area (Å²) < 4.78 is 34.7. The molecule has 0 saturated carbocycles. The third-order valence-corrected chi connectivity index (χ3v) is 8.38. The van der Waals surface area contributed by atoms with E-state index in [4.69, 9.17) is 51.6 Å². The van der Waals surface area contributed by atoms with Gasteiger partial charge in [0.2, 0.25) is 0 Å². The van der Waals surface area contributed by atoms with E-state index in [0.717, 1.165) is 25.7 Å². The van der Waals surface area contributed by atoms with Crippen molar-refractivity contribution in [2.75, 3.05) is 25.0 Å². The van der Waals surface area contributed by atoms with Crippen LogP contribution in [0.1, 0.15) is 96.4 Å². The molecule has 0 bridgehead atoms. The lowest BCUT2D eigenvalue weighted by Crippen LogP contribution is -2.36. The Hall–Kier alpha value is -3.18. The molecule has 2 aromatic rings. The SMILES string of the molecule is CCCC[C@H](OC(=O)CCl)c1ccccc1C(=O)O[C@H]1CO[C@H]2[C@@H]1OC[C@H]2OC(=O)c1ccccc1[C@H](CCCC)OC(=O)CCl. The monoisotopic (exact) mass is 678 g/mol. The van der Waals surface area contributed by atoms with Crippen LogP contribution in [0.3, 0.4) is 0 Å². The summed E-state index contributed by atoms with van der Waals surface area (Å²) in [6, 6.07) is 13.6. The summed E-state index contributed by atoms with van der Waals surface area (Å²) in [6.07, 6.45) is 0.215. The Bertz CT molecular complexity index is 1250. The maximum absolute atomic E-state index is 13.4. The number of ether oxygens (including phenoxy) is 6. The molecule has 2 aliphatic rings. The summed E-state index contributed by atoms with van der Waals surface area (Å²) >= 11 is 11.4. The highest BCUT2D eigenvalue weighted by atomic mass is 35.5. The summed E-state index contributed by atoms with van der Waals surface area (Å²) in [6.45, 7) is 4.13. The number of alkyl halides is 2. The van der Waals surface area contributed by atoms with Crippen molar-refractivity contribution >= 4 is 47.1 Å². The summed E-state index contributed by atoms with van der Waals surface area (Å²) in [5.41, 5.74) is 1.59. The van der Waals surface area contributed by atoms with Crippen molar-refractivity contribution in [3.05, 3.63) is 70.8 Å². The van der Waals surface area contributed by atoms with Crippen LogP contribution in [-0.2, 0) is 38.0 Å². The van der Waals surface area contributed by atoms with Gasteiger partial charge in [0.1, 0.15) is 36.2 Å². The van der Waals surface area contributed by atoms with Crippen LogP contribution in [-0.4, -0.2) is 73.3 Å². The minimum atomic E-state index is -0.755. The molecule has 2 aromatic carbocycles. The second-order valence-corrected chi connectivity index (χ2v) is 11.7. The van der Waals surface area contributed by atoms with Gasteiger partial charge in [0.25, 0.3) is 0 Å². The molecular weight excluding hydrogens is 639 g/mol. The highest BCUT2D eigenvalue weighted by molar-refractivity contribution is 6.26. The number of fused-ring (bicyclic) bond motifs is 1. The molecule has 2 heterocycles. The van der Waals surface area contributed by atoms with E-state index >= 15 is 0 Å². The van der Waals surface area contributed by atoms with Gasteiger partial charge in [-0.25, -0.2) is 9.59 Å². The first-order valence-corrected chi connectivity index (χ1v) is 16.7. The normalized spacial score (nSPS) is 21.6. The molecule has 0 aliphatic carbocycles.